The molecule has 3 rings (SSSR count). The van der Waals surface area contributed by atoms with Crippen molar-refractivity contribution in [1.29, 1.82) is 0 Å². The smallest absolute Gasteiger partial charge is 0.252 e. The van der Waals surface area contributed by atoms with Crippen molar-refractivity contribution in [2.75, 3.05) is 0 Å². The standard InChI is InChI=1S/C23H28N2OS/c1-5-6-7-17-10-13-20-21(14-17)27-23(25(20)4)24-22(26)15-18-8-11-19(12-9-18)16(2)3/h8-14,16H,5-7,15H2,1-4H3. The van der Waals surface area contributed by atoms with Gasteiger partial charge in [0.05, 0.1) is 16.6 Å². The number of thiazole rings is 1. The van der Waals surface area contributed by atoms with Crippen molar-refractivity contribution in [3.8, 4) is 0 Å². The van der Waals surface area contributed by atoms with Crippen LogP contribution in [0, 0.1) is 0 Å². The SMILES string of the molecule is CCCCc1ccc2c(c1)sc(=NC(=O)Cc1ccc(C(C)C)cc1)n2C. The van der Waals surface area contributed by atoms with Crippen LogP contribution in [0.3, 0.4) is 0 Å². The Morgan fingerprint density at radius 1 is 1.11 bits per heavy atom. The lowest BCUT2D eigenvalue weighted by atomic mass is 10.0. The van der Waals surface area contributed by atoms with Crippen LogP contribution in [-0.2, 0) is 24.7 Å². The highest BCUT2D eigenvalue weighted by molar-refractivity contribution is 7.16. The minimum absolute atomic E-state index is 0.0966. The molecule has 3 aromatic rings. The van der Waals surface area contributed by atoms with Crippen LogP contribution in [0.5, 0.6) is 0 Å². The van der Waals surface area contributed by atoms with Gasteiger partial charge in [0, 0.05) is 7.05 Å². The number of rotatable bonds is 6. The number of nitrogens with zero attached hydrogens (tertiary/aromatic N) is 2. The highest BCUT2D eigenvalue weighted by Crippen LogP contribution is 2.20. The van der Waals surface area contributed by atoms with Gasteiger partial charge in [-0.1, -0.05) is 68.9 Å². The van der Waals surface area contributed by atoms with E-state index in [1.165, 1.54) is 28.7 Å². The lowest BCUT2D eigenvalue weighted by molar-refractivity contribution is -0.117. The van der Waals surface area contributed by atoms with Gasteiger partial charge < -0.3 is 4.57 Å². The Bertz CT molecular complexity index is 993. The van der Waals surface area contributed by atoms with E-state index in [9.17, 15) is 4.79 Å². The Hall–Kier alpha value is -2.20. The van der Waals surface area contributed by atoms with Crippen LogP contribution in [0.15, 0.2) is 47.5 Å². The summed E-state index contributed by atoms with van der Waals surface area (Å²) in [6.07, 6.45) is 3.85. The fraction of sp³-hybridized carbons (Fsp3) is 0.391. The number of hydrogen-bond donors (Lipinski definition) is 0. The first-order valence-corrected chi connectivity index (χ1v) is 10.5. The number of carbonyl (C=O) groups is 1. The topological polar surface area (TPSA) is 34.4 Å². The molecule has 0 aliphatic carbocycles. The van der Waals surface area contributed by atoms with Crippen LogP contribution in [-0.4, -0.2) is 10.5 Å². The summed E-state index contributed by atoms with van der Waals surface area (Å²) in [6, 6.07) is 14.8. The number of aromatic nitrogens is 1. The first-order chi connectivity index (χ1) is 13.0. The fourth-order valence-electron chi connectivity index (χ4n) is 3.16. The lowest BCUT2D eigenvalue weighted by Gasteiger charge is -2.05. The fourth-order valence-corrected chi connectivity index (χ4v) is 4.26. The zero-order chi connectivity index (χ0) is 19.4. The molecular formula is C23H28N2OS. The molecule has 0 atom stereocenters. The molecule has 0 fully saturated rings. The van der Waals surface area contributed by atoms with E-state index in [0.29, 0.717) is 12.3 Å². The highest BCUT2D eigenvalue weighted by atomic mass is 32.1. The van der Waals surface area contributed by atoms with Crippen molar-refractivity contribution in [3.05, 3.63) is 64.0 Å². The first kappa shape index (κ1) is 19.6. The van der Waals surface area contributed by atoms with Gasteiger partial charge in [-0.05, 0) is 47.6 Å². The third kappa shape index (κ3) is 4.75. The first-order valence-electron chi connectivity index (χ1n) is 9.72. The molecule has 0 saturated carbocycles. The summed E-state index contributed by atoms with van der Waals surface area (Å²) in [5, 5.41) is 0. The van der Waals surface area contributed by atoms with E-state index in [2.05, 4.69) is 56.1 Å². The monoisotopic (exact) mass is 380 g/mol. The predicted molar refractivity (Wildman–Crippen MR) is 114 cm³/mol. The van der Waals surface area contributed by atoms with Gasteiger partial charge in [0.1, 0.15) is 0 Å². The Balaban J connectivity index is 1.81. The van der Waals surface area contributed by atoms with Crippen molar-refractivity contribution in [1.82, 2.24) is 4.57 Å². The van der Waals surface area contributed by atoms with Gasteiger partial charge in [-0.15, -0.1) is 0 Å². The minimum atomic E-state index is -0.0966. The second kappa shape index (κ2) is 8.66. The van der Waals surface area contributed by atoms with Gasteiger partial charge in [-0.25, -0.2) is 0 Å². The second-order valence-corrected chi connectivity index (χ2v) is 8.44. The maximum absolute atomic E-state index is 12.5. The molecule has 0 aliphatic heterocycles. The zero-order valence-electron chi connectivity index (χ0n) is 16.7. The molecule has 0 bridgehead atoms. The quantitative estimate of drug-likeness (QED) is 0.565. The summed E-state index contributed by atoms with van der Waals surface area (Å²) in [4.78, 5) is 17.6. The zero-order valence-corrected chi connectivity index (χ0v) is 17.5. The summed E-state index contributed by atoms with van der Waals surface area (Å²) in [6.45, 7) is 6.55. The molecule has 1 amide bonds. The number of aryl methyl sites for hydroxylation is 2. The molecule has 0 unspecified atom stereocenters. The van der Waals surface area contributed by atoms with E-state index >= 15 is 0 Å². The van der Waals surface area contributed by atoms with Crippen LogP contribution >= 0.6 is 11.3 Å². The van der Waals surface area contributed by atoms with Crippen molar-refractivity contribution in [2.24, 2.45) is 12.0 Å². The molecule has 0 aliphatic rings. The molecule has 0 N–H and O–H groups in total. The largest absolute Gasteiger partial charge is 0.319 e. The number of amides is 1. The van der Waals surface area contributed by atoms with E-state index in [0.717, 1.165) is 22.3 Å². The summed E-state index contributed by atoms with van der Waals surface area (Å²) < 4.78 is 3.21. The summed E-state index contributed by atoms with van der Waals surface area (Å²) in [5.74, 6) is 0.403. The minimum Gasteiger partial charge on any atom is -0.319 e. The van der Waals surface area contributed by atoms with Crippen LogP contribution < -0.4 is 4.80 Å². The van der Waals surface area contributed by atoms with Gasteiger partial charge in [-0.2, -0.15) is 4.99 Å². The molecule has 27 heavy (non-hydrogen) atoms. The van der Waals surface area contributed by atoms with Crippen LogP contribution in [0.4, 0.5) is 0 Å². The molecule has 142 valence electrons. The molecular weight excluding hydrogens is 352 g/mol. The Labute approximate surface area is 165 Å². The third-order valence-electron chi connectivity index (χ3n) is 4.91. The Kier molecular flexibility index (Phi) is 6.27. The number of unbranched alkanes of at least 4 members (excludes halogenated alkanes) is 1. The van der Waals surface area contributed by atoms with E-state index in [-0.39, 0.29) is 5.91 Å². The number of benzene rings is 2. The van der Waals surface area contributed by atoms with Gasteiger partial charge in [0.25, 0.3) is 5.91 Å². The maximum atomic E-state index is 12.5. The molecule has 0 saturated heterocycles. The van der Waals surface area contributed by atoms with Gasteiger partial charge >= 0.3 is 0 Å². The Morgan fingerprint density at radius 2 is 1.81 bits per heavy atom. The molecule has 4 heteroatoms. The maximum Gasteiger partial charge on any atom is 0.252 e. The number of fused-ring (bicyclic) bond motifs is 1. The number of hydrogen-bond acceptors (Lipinski definition) is 2. The molecule has 0 spiro atoms. The molecule has 2 aromatic carbocycles. The molecule has 3 nitrogen and oxygen atoms in total. The average Bonchev–Trinajstić information content (AvgIpc) is 2.95. The van der Waals surface area contributed by atoms with Crippen molar-refractivity contribution >= 4 is 27.5 Å². The van der Waals surface area contributed by atoms with E-state index < -0.39 is 0 Å². The van der Waals surface area contributed by atoms with Crippen molar-refractivity contribution in [2.45, 2.75) is 52.4 Å². The van der Waals surface area contributed by atoms with Crippen LogP contribution in [0.2, 0.25) is 0 Å². The summed E-state index contributed by atoms with van der Waals surface area (Å²) in [5.41, 5.74) is 4.79. The number of carbonyl (C=O) groups excluding carboxylic acids is 1. The van der Waals surface area contributed by atoms with E-state index in [4.69, 9.17) is 0 Å². The van der Waals surface area contributed by atoms with E-state index in [1.54, 1.807) is 11.3 Å². The molecule has 1 heterocycles. The lowest BCUT2D eigenvalue weighted by Crippen LogP contribution is -2.14. The third-order valence-corrected chi connectivity index (χ3v) is 6.01. The van der Waals surface area contributed by atoms with Crippen LogP contribution in [0.1, 0.15) is 56.2 Å². The van der Waals surface area contributed by atoms with Crippen molar-refractivity contribution in [3.63, 3.8) is 0 Å². The average molecular weight is 381 g/mol. The second-order valence-electron chi connectivity index (χ2n) is 7.43. The normalized spacial score (nSPS) is 12.3. The van der Waals surface area contributed by atoms with Crippen molar-refractivity contribution < 1.29 is 4.79 Å². The van der Waals surface area contributed by atoms with Gasteiger partial charge in [0.15, 0.2) is 4.80 Å². The Morgan fingerprint density at radius 3 is 2.48 bits per heavy atom. The van der Waals surface area contributed by atoms with Gasteiger partial charge in [0.2, 0.25) is 0 Å². The summed E-state index contributed by atoms with van der Waals surface area (Å²) >= 11 is 1.59. The predicted octanol–water partition coefficient (Wildman–Crippen LogP) is 5.38. The van der Waals surface area contributed by atoms with Crippen LogP contribution in [0.25, 0.3) is 10.2 Å². The van der Waals surface area contributed by atoms with E-state index in [1.807, 2.05) is 23.7 Å². The molecule has 1 aromatic heterocycles. The van der Waals surface area contributed by atoms with Gasteiger partial charge in [-0.3, -0.25) is 4.79 Å². The highest BCUT2D eigenvalue weighted by Gasteiger charge is 2.08. The summed E-state index contributed by atoms with van der Waals surface area (Å²) in [7, 11) is 1.98. The molecule has 0 radical (unpaired) electrons.